The lowest BCUT2D eigenvalue weighted by atomic mass is 10.2. The number of methoxy groups -OCH3 is 2. The van der Waals surface area contributed by atoms with E-state index in [9.17, 15) is 13.2 Å². The van der Waals surface area contributed by atoms with Gasteiger partial charge in [-0.1, -0.05) is 29.8 Å². The van der Waals surface area contributed by atoms with E-state index in [1.165, 1.54) is 30.7 Å². The zero-order valence-electron chi connectivity index (χ0n) is 16.8. The molecule has 1 fully saturated rings. The van der Waals surface area contributed by atoms with Gasteiger partial charge in [0.1, 0.15) is 0 Å². The summed E-state index contributed by atoms with van der Waals surface area (Å²) in [7, 11) is -0.767. The molecule has 2 aromatic carbocycles. The second-order valence-electron chi connectivity index (χ2n) is 6.66. The number of amides is 2. The third-order valence-electron chi connectivity index (χ3n) is 4.91. The summed E-state index contributed by atoms with van der Waals surface area (Å²) in [5.74, 6) is 0.799. The van der Waals surface area contributed by atoms with Crippen molar-refractivity contribution in [2.45, 2.75) is 11.4 Å². The number of hydrogen-bond donors (Lipinski definition) is 1. The maximum absolute atomic E-state index is 13.0. The van der Waals surface area contributed by atoms with Crippen LogP contribution in [0.15, 0.2) is 47.4 Å². The van der Waals surface area contributed by atoms with Gasteiger partial charge in [0, 0.05) is 43.8 Å². The Morgan fingerprint density at radius 2 is 1.70 bits per heavy atom. The fourth-order valence-corrected chi connectivity index (χ4v) is 4.82. The second-order valence-corrected chi connectivity index (χ2v) is 9.00. The first-order valence-corrected chi connectivity index (χ1v) is 11.2. The molecule has 0 atom stereocenters. The van der Waals surface area contributed by atoms with Crippen LogP contribution >= 0.6 is 11.6 Å². The molecule has 0 bridgehead atoms. The van der Waals surface area contributed by atoms with E-state index >= 15 is 0 Å². The van der Waals surface area contributed by atoms with Crippen LogP contribution in [-0.2, 0) is 16.6 Å². The lowest BCUT2D eigenvalue weighted by Crippen LogP contribution is -2.52. The molecule has 0 aromatic heterocycles. The van der Waals surface area contributed by atoms with Crippen molar-refractivity contribution in [2.24, 2.45) is 0 Å². The second kappa shape index (κ2) is 9.55. The molecule has 0 aliphatic carbocycles. The minimum Gasteiger partial charge on any atom is -0.493 e. The fraction of sp³-hybridized carbons (Fsp3) is 0.350. The van der Waals surface area contributed by atoms with Gasteiger partial charge in [-0.25, -0.2) is 13.2 Å². The number of benzene rings is 2. The third kappa shape index (κ3) is 4.80. The van der Waals surface area contributed by atoms with Crippen molar-refractivity contribution in [1.82, 2.24) is 14.5 Å². The summed E-state index contributed by atoms with van der Waals surface area (Å²) in [5, 5.41) is 3.41. The summed E-state index contributed by atoms with van der Waals surface area (Å²) in [4.78, 5) is 14.2. The van der Waals surface area contributed by atoms with Crippen molar-refractivity contribution in [3.05, 3.63) is 53.1 Å². The predicted molar refractivity (Wildman–Crippen MR) is 114 cm³/mol. The van der Waals surface area contributed by atoms with E-state index in [-0.39, 0.29) is 24.0 Å². The van der Waals surface area contributed by atoms with E-state index in [1.807, 2.05) is 18.2 Å². The van der Waals surface area contributed by atoms with E-state index in [2.05, 4.69) is 5.32 Å². The van der Waals surface area contributed by atoms with Crippen LogP contribution in [0.2, 0.25) is 5.02 Å². The molecule has 1 aliphatic heterocycles. The van der Waals surface area contributed by atoms with Crippen LogP contribution in [0.5, 0.6) is 11.5 Å². The Balaban J connectivity index is 1.60. The number of nitrogens with zero attached hydrogens (tertiary/aromatic N) is 2. The highest BCUT2D eigenvalue weighted by molar-refractivity contribution is 7.89. The van der Waals surface area contributed by atoms with Crippen molar-refractivity contribution in [2.75, 3.05) is 40.4 Å². The number of sulfonamides is 1. The van der Waals surface area contributed by atoms with Gasteiger partial charge >= 0.3 is 6.03 Å². The van der Waals surface area contributed by atoms with Gasteiger partial charge in [-0.15, -0.1) is 0 Å². The molecule has 0 unspecified atom stereocenters. The Hall–Kier alpha value is -2.49. The van der Waals surface area contributed by atoms with Gasteiger partial charge in [-0.05, 0) is 23.8 Å². The van der Waals surface area contributed by atoms with Crippen LogP contribution in [-0.4, -0.2) is 64.1 Å². The Morgan fingerprint density at radius 3 is 2.33 bits per heavy atom. The van der Waals surface area contributed by atoms with Gasteiger partial charge < -0.3 is 19.7 Å². The molecule has 10 heteroatoms. The Morgan fingerprint density at radius 1 is 1.03 bits per heavy atom. The maximum atomic E-state index is 13.0. The van der Waals surface area contributed by atoms with E-state index in [4.69, 9.17) is 21.1 Å². The number of halogens is 1. The first-order chi connectivity index (χ1) is 14.4. The first kappa shape index (κ1) is 22.2. The number of nitrogens with one attached hydrogen (secondary N) is 1. The monoisotopic (exact) mass is 453 g/mol. The zero-order valence-corrected chi connectivity index (χ0v) is 18.4. The standard InChI is InChI=1S/C20H24ClN3O5S/c1-28-18-8-7-16(13-19(18)29-2)30(26,27)24-11-9-23(10-12-24)20(25)22-14-15-5-3-4-6-17(15)21/h3-8,13H,9-12,14H2,1-2H3,(H,22,25). The Labute approximate surface area is 181 Å². The van der Waals surface area contributed by atoms with Crippen LogP contribution in [0.25, 0.3) is 0 Å². The molecule has 8 nitrogen and oxygen atoms in total. The summed E-state index contributed by atoms with van der Waals surface area (Å²) >= 11 is 6.11. The third-order valence-corrected chi connectivity index (χ3v) is 7.17. The van der Waals surface area contributed by atoms with E-state index in [1.54, 1.807) is 17.0 Å². The molecular weight excluding hydrogens is 430 g/mol. The van der Waals surface area contributed by atoms with Gasteiger partial charge in [0.2, 0.25) is 10.0 Å². The molecule has 2 aromatic rings. The van der Waals surface area contributed by atoms with Gasteiger partial charge in [-0.2, -0.15) is 4.31 Å². The maximum Gasteiger partial charge on any atom is 0.317 e. The van der Waals surface area contributed by atoms with Crippen molar-refractivity contribution in [3.8, 4) is 11.5 Å². The number of ether oxygens (including phenoxy) is 2. The molecule has 30 heavy (non-hydrogen) atoms. The molecule has 2 amide bonds. The molecule has 1 N–H and O–H groups in total. The van der Waals surface area contributed by atoms with Crippen molar-refractivity contribution in [3.63, 3.8) is 0 Å². The number of carbonyl (C=O) groups is 1. The lowest BCUT2D eigenvalue weighted by molar-refractivity contribution is 0.172. The van der Waals surface area contributed by atoms with Crippen molar-refractivity contribution in [1.29, 1.82) is 0 Å². The van der Waals surface area contributed by atoms with Gasteiger partial charge in [0.15, 0.2) is 11.5 Å². The molecule has 162 valence electrons. The average Bonchev–Trinajstić information content (AvgIpc) is 2.77. The molecule has 0 spiro atoms. The largest absolute Gasteiger partial charge is 0.493 e. The molecule has 1 aliphatic rings. The number of piperazine rings is 1. The highest BCUT2D eigenvalue weighted by Crippen LogP contribution is 2.30. The molecule has 0 saturated carbocycles. The average molecular weight is 454 g/mol. The number of rotatable bonds is 6. The van der Waals surface area contributed by atoms with Crippen LogP contribution in [0.4, 0.5) is 4.79 Å². The highest BCUT2D eigenvalue weighted by Gasteiger charge is 2.30. The summed E-state index contributed by atoms with van der Waals surface area (Å²) in [6.07, 6.45) is 0. The topological polar surface area (TPSA) is 88.2 Å². The van der Waals surface area contributed by atoms with Gasteiger partial charge in [0.25, 0.3) is 0 Å². The van der Waals surface area contributed by atoms with Gasteiger partial charge in [-0.3, -0.25) is 0 Å². The summed E-state index contributed by atoms with van der Waals surface area (Å²) in [6, 6.07) is 11.5. The molecular formula is C20H24ClN3O5S. The fourth-order valence-electron chi connectivity index (χ4n) is 3.18. The lowest BCUT2D eigenvalue weighted by Gasteiger charge is -2.34. The quantitative estimate of drug-likeness (QED) is 0.726. The molecule has 1 saturated heterocycles. The Kier molecular flexibility index (Phi) is 7.06. The predicted octanol–water partition coefficient (Wildman–Crippen LogP) is 2.57. The van der Waals surface area contributed by atoms with Crippen molar-refractivity contribution < 1.29 is 22.7 Å². The van der Waals surface area contributed by atoms with Crippen LogP contribution in [0, 0.1) is 0 Å². The van der Waals surface area contributed by atoms with Crippen molar-refractivity contribution >= 4 is 27.7 Å². The summed E-state index contributed by atoms with van der Waals surface area (Å²) in [5.41, 5.74) is 0.821. The summed E-state index contributed by atoms with van der Waals surface area (Å²) < 4.78 is 37.7. The number of hydrogen-bond acceptors (Lipinski definition) is 5. The minimum atomic E-state index is -3.71. The molecule has 1 heterocycles. The minimum absolute atomic E-state index is 0.122. The van der Waals surface area contributed by atoms with Crippen LogP contribution < -0.4 is 14.8 Å². The van der Waals surface area contributed by atoms with Crippen LogP contribution in [0.1, 0.15) is 5.56 Å². The number of carbonyl (C=O) groups excluding carboxylic acids is 1. The zero-order chi connectivity index (χ0) is 21.7. The van der Waals surface area contributed by atoms with E-state index in [0.29, 0.717) is 36.2 Å². The normalized spacial score (nSPS) is 15.0. The van der Waals surface area contributed by atoms with Gasteiger partial charge in [0.05, 0.1) is 19.1 Å². The molecule has 0 radical (unpaired) electrons. The van der Waals surface area contributed by atoms with E-state index < -0.39 is 10.0 Å². The van der Waals surface area contributed by atoms with Crippen LogP contribution in [0.3, 0.4) is 0 Å². The SMILES string of the molecule is COc1ccc(S(=O)(=O)N2CCN(C(=O)NCc3ccccc3Cl)CC2)cc1OC. The number of urea groups is 1. The summed E-state index contributed by atoms with van der Waals surface area (Å²) in [6.45, 7) is 1.30. The highest BCUT2D eigenvalue weighted by atomic mass is 35.5. The smallest absolute Gasteiger partial charge is 0.317 e. The van der Waals surface area contributed by atoms with E-state index in [0.717, 1.165) is 5.56 Å². The Bertz CT molecular complexity index is 1010. The molecule has 3 rings (SSSR count). The first-order valence-electron chi connectivity index (χ1n) is 9.35.